The maximum Gasteiger partial charge on any atom is 0.266 e. The van der Waals surface area contributed by atoms with E-state index in [0.717, 1.165) is 10.9 Å². The number of ether oxygens (including phenoxy) is 2. The zero-order valence-corrected chi connectivity index (χ0v) is 18.1. The number of nitrogens with zero attached hydrogens (tertiary/aromatic N) is 1. The second-order valence-corrected chi connectivity index (χ2v) is 7.33. The highest BCUT2D eigenvalue weighted by Gasteiger charge is 2.16. The zero-order valence-electron chi connectivity index (χ0n) is 15.8. The summed E-state index contributed by atoms with van der Waals surface area (Å²) < 4.78 is 12.0. The Morgan fingerprint density at radius 3 is 2.75 bits per heavy atom. The summed E-state index contributed by atoms with van der Waals surface area (Å²) in [6, 6.07) is 12.3. The molecular formula is C21H20BrClN2O3. The molecule has 2 rings (SSSR count). The van der Waals surface area contributed by atoms with Crippen molar-refractivity contribution >= 4 is 45.2 Å². The molecule has 0 fully saturated rings. The lowest BCUT2D eigenvalue weighted by atomic mass is 10.1. The summed E-state index contributed by atoms with van der Waals surface area (Å²) in [4.78, 5) is 12.4. The Morgan fingerprint density at radius 2 is 2.14 bits per heavy atom. The maximum atomic E-state index is 12.4. The third kappa shape index (κ3) is 5.75. The molecule has 0 aliphatic heterocycles. The van der Waals surface area contributed by atoms with Crippen LogP contribution < -0.4 is 14.8 Å². The first-order valence-corrected chi connectivity index (χ1v) is 9.77. The molecule has 146 valence electrons. The molecular weight excluding hydrogens is 444 g/mol. The van der Waals surface area contributed by atoms with E-state index in [-0.39, 0.29) is 11.7 Å². The Hall–Kier alpha value is -2.49. The summed E-state index contributed by atoms with van der Waals surface area (Å²) >= 11 is 9.69. The largest absolute Gasteiger partial charge is 0.493 e. The van der Waals surface area contributed by atoms with Gasteiger partial charge in [0.15, 0.2) is 11.5 Å². The van der Waals surface area contributed by atoms with Crippen molar-refractivity contribution in [2.24, 2.45) is 0 Å². The van der Waals surface area contributed by atoms with E-state index >= 15 is 0 Å². The molecule has 0 radical (unpaired) electrons. The van der Waals surface area contributed by atoms with E-state index in [0.29, 0.717) is 27.8 Å². The van der Waals surface area contributed by atoms with E-state index in [1.165, 1.54) is 13.2 Å². The zero-order chi connectivity index (χ0) is 20.7. The van der Waals surface area contributed by atoms with Gasteiger partial charge in [-0.05, 0) is 55.3 Å². The van der Waals surface area contributed by atoms with E-state index in [1.54, 1.807) is 30.3 Å². The molecule has 28 heavy (non-hydrogen) atoms. The molecule has 0 spiro atoms. The molecule has 5 nitrogen and oxygen atoms in total. The molecule has 1 atom stereocenters. The molecule has 0 aliphatic carbocycles. The van der Waals surface area contributed by atoms with Crippen molar-refractivity contribution in [3.05, 3.63) is 57.0 Å². The van der Waals surface area contributed by atoms with Crippen LogP contribution in [0.3, 0.4) is 0 Å². The summed E-state index contributed by atoms with van der Waals surface area (Å²) in [7, 11) is 1.51. The SMILES string of the molecule is CC[C@@H](C)Oc1c(Cl)cc(/C=C(/C#N)C(=O)Nc2cccc(Br)c2)cc1OC. The number of nitriles is 1. The van der Waals surface area contributed by atoms with Gasteiger partial charge >= 0.3 is 0 Å². The number of halogens is 2. The third-order valence-corrected chi connectivity index (χ3v) is 4.68. The van der Waals surface area contributed by atoms with Crippen LogP contribution in [0.5, 0.6) is 11.5 Å². The molecule has 1 N–H and O–H groups in total. The number of anilines is 1. The lowest BCUT2D eigenvalue weighted by Gasteiger charge is -2.17. The van der Waals surface area contributed by atoms with Gasteiger partial charge in [0.05, 0.1) is 18.2 Å². The number of rotatable bonds is 7. The Labute approximate surface area is 178 Å². The smallest absolute Gasteiger partial charge is 0.266 e. The van der Waals surface area contributed by atoms with E-state index in [9.17, 15) is 10.1 Å². The van der Waals surface area contributed by atoms with Crippen molar-refractivity contribution in [1.82, 2.24) is 0 Å². The van der Waals surface area contributed by atoms with E-state index in [1.807, 2.05) is 26.0 Å². The Bertz CT molecular complexity index is 938. The molecule has 2 aromatic rings. The fourth-order valence-corrected chi connectivity index (χ4v) is 2.96. The second-order valence-electron chi connectivity index (χ2n) is 6.01. The highest BCUT2D eigenvalue weighted by atomic mass is 79.9. The van der Waals surface area contributed by atoms with Gasteiger partial charge in [0.2, 0.25) is 0 Å². The summed E-state index contributed by atoms with van der Waals surface area (Å²) in [5.41, 5.74) is 1.07. The molecule has 0 bridgehead atoms. The predicted octanol–water partition coefficient (Wildman–Crippen LogP) is 5.83. The first kappa shape index (κ1) is 21.8. The van der Waals surface area contributed by atoms with Crippen molar-refractivity contribution in [1.29, 1.82) is 5.26 Å². The van der Waals surface area contributed by atoms with Crippen molar-refractivity contribution in [3.8, 4) is 17.6 Å². The number of benzene rings is 2. The number of carbonyl (C=O) groups is 1. The minimum absolute atomic E-state index is 0.0292. The fraction of sp³-hybridized carbons (Fsp3) is 0.238. The highest BCUT2D eigenvalue weighted by Crippen LogP contribution is 2.38. The third-order valence-electron chi connectivity index (χ3n) is 3.90. The number of amides is 1. The lowest BCUT2D eigenvalue weighted by Crippen LogP contribution is -2.13. The van der Waals surface area contributed by atoms with Crippen molar-refractivity contribution in [3.63, 3.8) is 0 Å². The molecule has 0 unspecified atom stereocenters. The molecule has 0 saturated carbocycles. The number of nitrogens with one attached hydrogen (secondary N) is 1. The van der Waals surface area contributed by atoms with Crippen LogP contribution in [-0.2, 0) is 4.79 Å². The molecule has 0 aliphatic rings. The van der Waals surface area contributed by atoms with Gasteiger partial charge in [-0.2, -0.15) is 5.26 Å². The minimum Gasteiger partial charge on any atom is -0.493 e. The van der Waals surface area contributed by atoms with Crippen LogP contribution in [-0.4, -0.2) is 19.1 Å². The van der Waals surface area contributed by atoms with E-state index in [2.05, 4.69) is 21.2 Å². The Kier molecular flexibility index (Phi) is 7.91. The predicted molar refractivity (Wildman–Crippen MR) is 115 cm³/mol. The molecule has 2 aromatic carbocycles. The van der Waals surface area contributed by atoms with Gasteiger partial charge < -0.3 is 14.8 Å². The first-order valence-electron chi connectivity index (χ1n) is 8.60. The topological polar surface area (TPSA) is 71.3 Å². The average Bonchev–Trinajstić information content (AvgIpc) is 2.67. The van der Waals surface area contributed by atoms with Crippen molar-refractivity contribution in [2.45, 2.75) is 26.4 Å². The van der Waals surface area contributed by atoms with Crippen LogP contribution in [0.1, 0.15) is 25.8 Å². The molecule has 0 saturated heterocycles. The fourth-order valence-electron chi connectivity index (χ4n) is 2.30. The van der Waals surface area contributed by atoms with Crippen LogP contribution in [0.4, 0.5) is 5.69 Å². The van der Waals surface area contributed by atoms with Gasteiger partial charge in [-0.15, -0.1) is 0 Å². The van der Waals surface area contributed by atoms with Gasteiger partial charge in [0.1, 0.15) is 11.6 Å². The molecule has 1 amide bonds. The molecule has 0 aromatic heterocycles. The number of carbonyl (C=O) groups excluding carboxylic acids is 1. The van der Waals surface area contributed by atoms with Crippen LogP contribution in [0.15, 0.2) is 46.4 Å². The van der Waals surface area contributed by atoms with Crippen LogP contribution in [0.25, 0.3) is 6.08 Å². The molecule has 7 heteroatoms. The normalized spacial score (nSPS) is 12.1. The Morgan fingerprint density at radius 1 is 1.39 bits per heavy atom. The monoisotopic (exact) mass is 462 g/mol. The quantitative estimate of drug-likeness (QED) is 0.414. The van der Waals surface area contributed by atoms with Crippen molar-refractivity contribution in [2.75, 3.05) is 12.4 Å². The Balaban J connectivity index is 2.31. The number of methoxy groups -OCH3 is 1. The molecule has 0 heterocycles. The number of hydrogen-bond donors (Lipinski definition) is 1. The van der Waals surface area contributed by atoms with Gasteiger partial charge in [-0.3, -0.25) is 4.79 Å². The van der Waals surface area contributed by atoms with Crippen molar-refractivity contribution < 1.29 is 14.3 Å². The standard InChI is InChI=1S/C21H20BrClN2O3/c1-4-13(2)28-20-18(23)9-14(10-19(20)27-3)8-15(12-24)21(26)25-17-7-5-6-16(22)11-17/h5-11,13H,4H2,1-3H3,(H,25,26)/b15-8-/t13-/m1/s1. The summed E-state index contributed by atoms with van der Waals surface area (Å²) in [5.74, 6) is 0.354. The summed E-state index contributed by atoms with van der Waals surface area (Å²) in [6.07, 6.45) is 2.24. The summed E-state index contributed by atoms with van der Waals surface area (Å²) in [6.45, 7) is 3.94. The van der Waals surface area contributed by atoms with Gasteiger partial charge in [-0.1, -0.05) is 40.5 Å². The van der Waals surface area contributed by atoms with Crippen LogP contribution in [0, 0.1) is 11.3 Å². The van der Waals surface area contributed by atoms with Gasteiger partial charge in [-0.25, -0.2) is 0 Å². The van der Waals surface area contributed by atoms with Crippen LogP contribution in [0.2, 0.25) is 5.02 Å². The lowest BCUT2D eigenvalue weighted by molar-refractivity contribution is -0.112. The van der Waals surface area contributed by atoms with E-state index in [4.69, 9.17) is 21.1 Å². The van der Waals surface area contributed by atoms with E-state index < -0.39 is 5.91 Å². The minimum atomic E-state index is -0.518. The maximum absolute atomic E-state index is 12.4. The second kappa shape index (κ2) is 10.2. The average molecular weight is 464 g/mol. The summed E-state index contributed by atoms with van der Waals surface area (Å²) in [5, 5.41) is 12.5. The van der Waals surface area contributed by atoms with Gasteiger partial charge in [0, 0.05) is 10.2 Å². The first-order chi connectivity index (χ1) is 13.4. The highest BCUT2D eigenvalue weighted by molar-refractivity contribution is 9.10. The van der Waals surface area contributed by atoms with Crippen LogP contribution >= 0.6 is 27.5 Å². The van der Waals surface area contributed by atoms with Gasteiger partial charge in [0.25, 0.3) is 5.91 Å². The number of hydrogen-bond acceptors (Lipinski definition) is 4.